The number of hydrogen-bond donors (Lipinski definition) is 2. The zero-order valence-corrected chi connectivity index (χ0v) is 21.2. The molecule has 0 atom stereocenters. The molecule has 2 aliphatic rings. The maximum absolute atomic E-state index is 14.2. The summed E-state index contributed by atoms with van der Waals surface area (Å²) in [5, 5.41) is -0.230. The van der Waals surface area contributed by atoms with Crippen molar-refractivity contribution in [1.29, 1.82) is 0 Å². The van der Waals surface area contributed by atoms with Gasteiger partial charge in [0.05, 0.1) is 16.3 Å². The maximum atomic E-state index is 14.2. The first-order valence-electron chi connectivity index (χ1n) is 11.1. The van der Waals surface area contributed by atoms with Gasteiger partial charge in [-0.05, 0) is 56.0 Å². The number of carbonyl (C=O) groups excluding carboxylic acids is 1. The number of nitrogens with one attached hydrogen (secondary N) is 1. The number of anilines is 2. The molecule has 2 heterocycles. The van der Waals surface area contributed by atoms with Gasteiger partial charge in [-0.15, -0.1) is 0 Å². The Bertz CT molecular complexity index is 1570. The standard InChI is InChI=1S/C24H18Cl2F2N4O4S/c25-12-10-13(19(26)17(11-12)32-37(34,35)21-14(27)4-3-5-15(21)28)18-20(16-6-9-30-23(29)31-16)36-24(22(18)33)7-1-2-8-24/h3-6,9-11,32H,1-2,7-8H2,(H2,29,30,31). The highest BCUT2D eigenvalue weighted by atomic mass is 35.5. The predicted octanol–water partition coefficient (Wildman–Crippen LogP) is 5.23. The number of benzene rings is 2. The summed E-state index contributed by atoms with van der Waals surface area (Å²) in [4.78, 5) is 20.6. The van der Waals surface area contributed by atoms with Gasteiger partial charge in [-0.1, -0.05) is 29.3 Å². The predicted molar refractivity (Wildman–Crippen MR) is 134 cm³/mol. The average molecular weight is 567 g/mol. The third-order valence-electron chi connectivity index (χ3n) is 6.22. The summed E-state index contributed by atoms with van der Waals surface area (Å²) in [5.74, 6) is -2.90. The number of halogens is 4. The minimum atomic E-state index is -4.77. The number of aromatic nitrogens is 2. The number of nitrogen functional groups attached to an aromatic ring is 1. The topological polar surface area (TPSA) is 124 Å². The van der Waals surface area contributed by atoms with Crippen LogP contribution >= 0.6 is 23.2 Å². The lowest BCUT2D eigenvalue weighted by Gasteiger charge is -2.22. The van der Waals surface area contributed by atoms with E-state index in [9.17, 15) is 22.0 Å². The van der Waals surface area contributed by atoms with Gasteiger partial charge < -0.3 is 10.5 Å². The van der Waals surface area contributed by atoms with Crippen LogP contribution < -0.4 is 10.5 Å². The summed E-state index contributed by atoms with van der Waals surface area (Å²) in [6, 6.07) is 6.70. The van der Waals surface area contributed by atoms with Crippen LogP contribution in [-0.2, 0) is 19.6 Å². The molecule has 1 fully saturated rings. The number of sulfonamides is 1. The van der Waals surface area contributed by atoms with Gasteiger partial charge in [0.15, 0.2) is 16.3 Å². The molecule has 37 heavy (non-hydrogen) atoms. The quantitative estimate of drug-likeness (QED) is 0.433. The van der Waals surface area contributed by atoms with Crippen molar-refractivity contribution in [2.24, 2.45) is 0 Å². The van der Waals surface area contributed by atoms with E-state index in [-0.39, 0.29) is 50.1 Å². The second-order valence-corrected chi connectivity index (χ2v) is 11.0. The molecule has 8 nitrogen and oxygen atoms in total. The number of hydrogen-bond acceptors (Lipinski definition) is 7. The molecule has 192 valence electrons. The van der Waals surface area contributed by atoms with Gasteiger partial charge in [-0.25, -0.2) is 27.2 Å². The monoisotopic (exact) mass is 566 g/mol. The summed E-state index contributed by atoms with van der Waals surface area (Å²) in [6.07, 6.45) is 3.85. The number of ether oxygens (including phenoxy) is 1. The Balaban J connectivity index is 1.67. The van der Waals surface area contributed by atoms with Crippen molar-refractivity contribution in [3.8, 4) is 0 Å². The number of Topliss-reactive ketones (excluding diaryl/α,β-unsaturated/α-hetero) is 1. The van der Waals surface area contributed by atoms with E-state index in [0.717, 1.165) is 37.1 Å². The molecule has 1 saturated carbocycles. The van der Waals surface area contributed by atoms with Crippen molar-refractivity contribution in [2.45, 2.75) is 36.2 Å². The Hall–Kier alpha value is -3.28. The molecule has 5 rings (SSSR count). The smallest absolute Gasteiger partial charge is 0.267 e. The Morgan fingerprint density at radius 3 is 2.41 bits per heavy atom. The minimum absolute atomic E-state index is 0.000305. The normalized spacial score (nSPS) is 16.9. The molecule has 3 aromatic rings. The highest BCUT2D eigenvalue weighted by Gasteiger charge is 2.52. The van der Waals surface area contributed by atoms with Crippen LogP contribution in [0.25, 0.3) is 11.3 Å². The first-order chi connectivity index (χ1) is 17.5. The summed E-state index contributed by atoms with van der Waals surface area (Å²) >= 11 is 12.9. The second kappa shape index (κ2) is 9.23. The van der Waals surface area contributed by atoms with Crippen molar-refractivity contribution in [1.82, 2.24) is 9.97 Å². The Morgan fingerprint density at radius 2 is 1.76 bits per heavy atom. The van der Waals surface area contributed by atoms with Crippen LogP contribution in [0.1, 0.15) is 36.9 Å². The molecule has 0 unspecified atom stereocenters. The van der Waals surface area contributed by atoms with E-state index in [1.807, 2.05) is 0 Å². The van der Waals surface area contributed by atoms with E-state index < -0.39 is 32.2 Å². The van der Waals surface area contributed by atoms with E-state index in [4.69, 9.17) is 33.7 Å². The molecule has 1 aliphatic heterocycles. The van der Waals surface area contributed by atoms with Crippen molar-refractivity contribution in [2.75, 3.05) is 10.5 Å². The number of nitrogens with two attached hydrogens (primary N) is 1. The fourth-order valence-electron chi connectivity index (χ4n) is 4.60. The first-order valence-corrected chi connectivity index (χ1v) is 13.3. The Labute approximate surface area is 220 Å². The van der Waals surface area contributed by atoms with Crippen LogP contribution in [0.3, 0.4) is 0 Å². The van der Waals surface area contributed by atoms with Crippen molar-refractivity contribution >= 4 is 62.0 Å². The minimum Gasteiger partial charge on any atom is -0.476 e. The summed E-state index contributed by atoms with van der Waals surface area (Å²) in [7, 11) is -4.77. The molecule has 0 saturated heterocycles. The lowest BCUT2D eigenvalue weighted by molar-refractivity contribution is -0.127. The molecule has 0 amide bonds. The maximum Gasteiger partial charge on any atom is 0.267 e. The summed E-state index contributed by atoms with van der Waals surface area (Å²) in [5.41, 5.74) is 4.64. The number of nitrogens with zero attached hydrogens (tertiary/aromatic N) is 2. The van der Waals surface area contributed by atoms with Gasteiger partial charge in [-0.3, -0.25) is 9.52 Å². The van der Waals surface area contributed by atoms with Gasteiger partial charge in [0.2, 0.25) is 11.7 Å². The van der Waals surface area contributed by atoms with Crippen LogP contribution in [0.4, 0.5) is 20.4 Å². The van der Waals surface area contributed by atoms with E-state index in [0.29, 0.717) is 12.8 Å². The van der Waals surface area contributed by atoms with Crippen LogP contribution in [-0.4, -0.2) is 29.8 Å². The zero-order chi connectivity index (χ0) is 26.5. The van der Waals surface area contributed by atoms with E-state index >= 15 is 0 Å². The molecule has 1 aliphatic carbocycles. The van der Waals surface area contributed by atoms with Crippen LogP contribution in [0.5, 0.6) is 0 Å². The second-order valence-electron chi connectivity index (χ2n) is 8.61. The summed E-state index contributed by atoms with van der Waals surface area (Å²) in [6.45, 7) is 0. The van der Waals surface area contributed by atoms with Crippen molar-refractivity contribution in [3.63, 3.8) is 0 Å². The van der Waals surface area contributed by atoms with E-state index in [1.54, 1.807) is 0 Å². The largest absolute Gasteiger partial charge is 0.476 e. The van der Waals surface area contributed by atoms with Gasteiger partial charge >= 0.3 is 0 Å². The lowest BCUT2D eigenvalue weighted by atomic mass is 9.89. The fraction of sp³-hybridized carbons (Fsp3) is 0.208. The number of rotatable bonds is 5. The molecule has 0 bridgehead atoms. The van der Waals surface area contributed by atoms with Gasteiger partial charge in [0, 0.05) is 16.8 Å². The lowest BCUT2D eigenvalue weighted by Crippen LogP contribution is -2.33. The molecule has 13 heteroatoms. The third-order valence-corrected chi connectivity index (χ3v) is 8.26. The van der Waals surface area contributed by atoms with E-state index in [1.165, 1.54) is 18.3 Å². The molecular weight excluding hydrogens is 549 g/mol. The molecule has 1 spiro atoms. The molecule has 0 radical (unpaired) electrons. The van der Waals surface area contributed by atoms with Gasteiger partial charge in [-0.2, -0.15) is 0 Å². The molecule has 3 N–H and O–H groups in total. The van der Waals surface area contributed by atoms with E-state index in [2.05, 4.69) is 14.7 Å². The highest BCUT2D eigenvalue weighted by molar-refractivity contribution is 7.92. The van der Waals surface area contributed by atoms with Gasteiger partial charge in [0.25, 0.3) is 10.0 Å². The third kappa shape index (κ3) is 4.41. The SMILES string of the molecule is Nc1nccc(C2=C(c3cc(Cl)cc(NS(=O)(=O)c4c(F)cccc4F)c3Cl)C(=O)C3(CCCC3)O2)n1. The van der Waals surface area contributed by atoms with Crippen LogP contribution in [0.2, 0.25) is 10.0 Å². The Morgan fingerprint density at radius 1 is 1.08 bits per heavy atom. The molecule has 2 aromatic carbocycles. The van der Waals surface area contributed by atoms with Gasteiger partial charge in [0.1, 0.15) is 17.3 Å². The first kappa shape index (κ1) is 25.4. The molecular formula is C24H18Cl2F2N4O4S. The molecule has 1 aromatic heterocycles. The fourth-order valence-corrected chi connectivity index (χ4v) is 6.33. The van der Waals surface area contributed by atoms with Crippen molar-refractivity contribution < 1.29 is 26.7 Å². The van der Waals surface area contributed by atoms with Crippen LogP contribution in [0, 0.1) is 11.6 Å². The van der Waals surface area contributed by atoms with Crippen molar-refractivity contribution in [3.05, 3.63) is 75.5 Å². The number of carbonyl (C=O) groups is 1. The highest BCUT2D eigenvalue weighted by Crippen LogP contribution is 2.50. The number of ketones is 1. The van der Waals surface area contributed by atoms with Crippen LogP contribution in [0.15, 0.2) is 47.5 Å². The average Bonchev–Trinajstić information content (AvgIpc) is 3.41. The Kier molecular flexibility index (Phi) is 6.33. The zero-order valence-electron chi connectivity index (χ0n) is 18.9. The summed E-state index contributed by atoms with van der Waals surface area (Å²) < 4.78 is 62.6.